The number of aromatic nitrogens is 2. The zero-order chi connectivity index (χ0) is 20.1. The average molecular weight is 420 g/mol. The van der Waals surface area contributed by atoms with Crippen LogP contribution in [-0.4, -0.2) is 22.0 Å². The third kappa shape index (κ3) is 4.40. The van der Waals surface area contributed by atoms with Crippen molar-refractivity contribution in [1.29, 1.82) is 0 Å². The van der Waals surface area contributed by atoms with E-state index in [0.29, 0.717) is 17.1 Å². The summed E-state index contributed by atoms with van der Waals surface area (Å²) in [6.07, 6.45) is 3.90. The van der Waals surface area contributed by atoms with Gasteiger partial charge in [0.1, 0.15) is 11.4 Å². The van der Waals surface area contributed by atoms with E-state index in [1.165, 1.54) is 24.4 Å². The van der Waals surface area contributed by atoms with Gasteiger partial charge in [0.05, 0.1) is 34.4 Å². The SMILES string of the molecule is CCCc1c(C(=O)O/N=C/c2c(F)cccc2Cl)cnn1-c1ccc(Cl)cc1. The maximum absolute atomic E-state index is 13.7. The Bertz CT molecular complexity index is 997. The van der Waals surface area contributed by atoms with Gasteiger partial charge in [-0.1, -0.05) is 47.8 Å². The van der Waals surface area contributed by atoms with Crippen LogP contribution in [0.5, 0.6) is 0 Å². The van der Waals surface area contributed by atoms with Crippen LogP contribution >= 0.6 is 23.2 Å². The van der Waals surface area contributed by atoms with Crippen molar-refractivity contribution in [1.82, 2.24) is 9.78 Å². The van der Waals surface area contributed by atoms with Crippen molar-refractivity contribution in [3.05, 3.63) is 81.3 Å². The highest BCUT2D eigenvalue weighted by molar-refractivity contribution is 6.33. The van der Waals surface area contributed by atoms with Crippen molar-refractivity contribution in [2.45, 2.75) is 19.8 Å². The molecule has 0 fully saturated rings. The van der Waals surface area contributed by atoms with Gasteiger partial charge in [-0.15, -0.1) is 0 Å². The number of nitrogens with zero attached hydrogens (tertiary/aromatic N) is 3. The molecule has 0 bridgehead atoms. The molecule has 1 heterocycles. The van der Waals surface area contributed by atoms with Crippen LogP contribution in [0.25, 0.3) is 5.69 Å². The van der Waals surface area contributed by atoms with E-state index in [-0.39, 0.29) is 16.1 Å². The van der Waals surface area contributed by atoms with E-state index in [1.807, 2.05) is 19.1 Å². The molecule has 144 valence electrons. The van der Waals surface area contributed by atoms with Gasteiger partial charge in [0, 0.05) is 5.02 Å². The van der Waals surface area contributed by atoms with E-state index in [4.69, 9.17) is 28.0 Å². The number of carbonyl (C=O) groups is 1. The van der Waals surface area contributed by atoms with Gasteiger partial charge in [0.15, 0.2) is 0 Å². The molecule has 0 saturated heterocycles. The summed E-state index contributed by atoms with van der Waals surface area (Å²) < 4.78 is 15.4. The number of oxime groups is 1. The number of carbonyl (C=O) groups excluding carboxylic acids is 1. The fraction of sp³-hybridized carbons (Fsp3) is 0.150. The zero-order valence-electron chi connectivity index (χ0n) is 14.9. The van der Waals surface area contributed by atoms with Crippen molar-refractivity contribution in [3.8, 4) is 5.69 Å². The lowest BCUT2D eigenvalue weighted by Gasteiger charge is -2.08. The second kappa shape index (κ2) is 8.99. The van der Waals surface area contributed by atoms with Crippen LogP contribution < -0.4 is 0 Å². The molecule has 1 aromatic heterocycles. The summed E-state index contributed by atoms with van der Waals surface area (Å²) in [5.74, 6) is -1.25. The molecule has 0 aliphatic carbocycles. The van der Waals surface area contributed by atoms with Crippen LogP contribution in [0.1, 0.15) is 35.0 Å². The second-order valence-electron chi connectivity index (χ2n) is 5.89. The first-order valence-corrected chi connectivity index (χ1v) is 9.28. The first kappa shape index (κ1) is 20.0. The fourth-order valence-electron chi connectivity index (χ4n) is 2.64. The quantitative estimate of drug-likeness (QED) is 0.302. The first-order chi connectivity index (χ1) is 13.5. The third-order valence-corrected chi connectivity index (χ3v) is 4.55. The van der Waals surface area contributed by atoms with Crippen LogP contribution in [0.2, 0.25) is 10.0 Å². The molecule has 0 spiro atoms. The van der Waals surface area contributed by atoms with Crippen LogP contribution in [0.4, 0.5) is 4.39 Å². The Morgan fingerprint density at radius 1 is 1.25 bits per heavy atom. The van der Waals surface area contributed by atoms with Gasteiger partial charge in [-0.2, -0.15) is 5.10 Å². The van der Waals surface area contributed by atoms with E-state index in [1.54, 1.807) is 16.8 Å². The van der Waals surface area contributed by atoms with E-state index < -0.39 is 11.8 Å². The molecule has 0 saturated carbocycles. The van der Waals surface area contributed by atoms with Gasteiger partial charge in [0.25, 0.3) is 0 Å². The molecule has 0 radical (unpaired) electrons. The number of hydrogen-bond donors (Lipinski definition) is 0. The minimum Gasteiger partial charge on any atom is -0.313 e. The molecule has 2 aromatic carbocycles. The van der Waals surface area contributed by atoms with E-state index >= 15 is 0 Å². The van der Waals surface area contributed by atoms with Crippen molar-refractivity contribution in [2.24, 2.45) is 5.16 Å². The second-order valence-corrected chi connectivity index (χ2v) is 6.74. The van der Waals surface area contributed by atoms with E-state index in [9.17, 15) is 9.18 Å². The molecule has 3 aromatic rings. The van der Waals surface area contributed by atoms with Gasteiger partial charge in [-0.25, -0.2) is 13.9 Å². The smallest absolute Gasteiger partial charge is 0.313 e. The summed E-state index contributed by atoms with van der Waals surface area (Å²) in [6.45, 7) is 1.99. The fourth-order valence-corrected chi connectivity index (χ4v) is 2.97. The van der Waals surface area contributed by atoms with Crippen LogP contribution in [-0.2, 0) is 11.3 Å². The molecule has 0 N–H and O–H groups in total. The van der Waals surface area contributed by atoms with Crippen molar-refractivity contribution < 1.29 is 14.0 Å². The van der Waals surface area contributed by atoms with Crippen LogP contribution in [0.15, 0.2) is 53.8 Å². The molecule has 0 unspecified atom stereocenters. The number of benzene rings is 2. The molecule has 0 aliphatic rings. The third-order valence-electron chi connectivity index (χ3n) is 3.96. The van der Waals surface area contributed by atoms with E-state index in [0.717, 1.165) is 18.3 Å². The Morgan fingerprint density at radius 2 is 2.00 bits per heavy atom. The van der Waals surface area contributed by atoms with Crippen LogP contribution in [0, 0.1) is 5.82 Å². The van der Waals surface area contributed by atoms with Crippen molar-refractivity contribution in [3.63, 3.8) is 0 Å². The van der Waals surface area contributed by atoms with Gasteiger partial charge in [0.2, 0.25) is 0 Å². The molecule has 0 aliphatic heterocycles. The highest BCUT2D eigenvalue weighted by Gasteiger charge is 2.19. The van der Waals surface area contributed by atoms with Gasteiger partial charge < -0.3 is 4.84 Å². The zero-order valence-corrected chi connectivity index (χ0v) is 16.4. The van der Waals surface area contributed by atoms with Gasteiger partial charge in [-0.05, 0) is 42.8 Å². The molecular weight excluding hydrogens is 404 g/mol. The molecule has 3 rings (SSSR count). The molecule has 8 heteroatoms. The predicted molar refractivity (Wildman–Crippen MR) is 107 cm³/mol. The Labute approximate surface area is 171 Å². The van der Waals surface area contributed by atoms with Gasteiger partial charge in [-0.3, -0.25) is 0 Å². The standard InChI is InChI=1S/C20H16Cl2FN3O2/c1-2-4-19-16(11-24-26(19)14-9-7-13(21)8-10-14)20(27)28-25-12-15-17(22)5-3-6-18(15)23/h3,5-12H,2,4H2,1H3/b25-12+. The molecule has 5 nitrogen and oxygen atoms in total. The predicted octanol–water partition coefficient (Wildman–Crippen LogP) is 5.46. The Balaban J connectivity index is 1.83. The average Bonchev–Trinajstić information content (AvgIpc) is 3.09. The summed E-state index contributed by atoms with van der Waals surface area (Å²) in [7, 11) is 0. The number of hydrogen-bond acceptors (Lipinski definition) is 4. The monoisotopic (exact) mass is 419 g/mol. The van der Waals surface area contributed by atoms with Crippen molar-refractivity contribution in [2.75, 3.05) is 0 Å². The first-order valence-electron chi connectivity index (χ1n) is 8.52. The molecule has 0 atom stereocenters. The van der Waals surface area contributed by atoms with Gasteiger partial charge >= 0.3 is 5.97 Å². The summed E-state index contributed by atoms with van der Waals surface area (Å²) in [5.41, 5.74) is 1.79. The lowest BCUT2D eigenvalue weighted by Crippen LogP contribution is -2.08. The Hall–Kier alpha value is -2.70. The van der Waals surface area contributed by atoms with Crippen LogP contribution in [0.3, 0.4) is 0 Å². The normalized spacial score (nSPS) is 11.1. The highest BCUT2D eigenvalue weighted by atomic mass is 35.5. The lowest BCUT2D eigenvalue weighted by atomic mass is 10.1. The van der Waals surface area contributed by atoms with E-state index in [2.05, 4.69) is 10.3 Å². The maximum atomic E-state index is 13.7. The number of rotatable bonds is 6. The number of halogens is 3. The topological polar surface area (TPSA) is 56.5 Å². The summed E-state index contributed by atoms with van der Waals surface area (Å²) in [6, 6.07) is 11.3. The largest absolute Gasteiger partial charge is 0.369 e. The summed E-state index contributed by atoms with van der Waals surface area (Å²) in [5, 5.41) is 8.64. The maximum Gasteiger partial charge on any atom is 0.369 e. The minimum atomic E-state index is -0.688. The lowest BCUT2D eigenvalue weighted by molar-refractivity contribution is 0.0517. The Kier molecular flexibility index (Phi) is 6.44. The minimum absolute atomic E-state index is 0.0441. The molecule has 28 heavy (non-hydrogen) atoms. The van der Waals surface area contributed by atoms with Crippen molar-refractivity contribution >= 4 is 35.4 Å². The molecule has 0 amide bonds. The molecular formula is C20H16Cl2FN3O2. The summed E-state index contributed by atoms with van der Waals surface area (Å²) >= 11 is 11.8. The highest BCUT2D eigenvalue weighted by Crippen LogP contribution is 2.20. The summed E-state index contributed by atoms with van der Waals surface area (Å²) in [4.78, 5) is 17.4. The Morgan fingerprint density at radius 3 is 2.68 bits per heavy atom.